The van der Waals surface area contributed by atoms with Gasteiger partial charge in [0, 0.05) is 18.0 Å². The first-order valence-corrected chi connectivity index (χ1v) is 7.20. The highest BCUT2D eigenvalue weighted by molar-refractivity contribution is 6.21. The van der Waals surface area contributed by atoms with Gasteiger partial charge in [-0.1, -0.05) is 12.1 Å². The summed E-state index contributed by atoms with van der Waals surface area (Å²) in [6.45, 7) is 2.08. The van der Waals surface area contributed by atoms with Gasteiger partial charge in [0.15, 0.2) is 11.5 Å². The molecule has 2 aromatic rings. The van der Waals surface area contributed by atoms with E-state index in [1.165, 1.54) is 0 Å². The van der Waals surface area contributed by atoms with Crippen LogP contribution in [0.1, 0.15) is 18.1 Å². The molecule has 1 heterocycles. The Balaban J connectivity index is 2.46. The Morgan fingerprint density at radius 1 is 1.17 bits per heavy atom. The van der Waals surface area contributed by atoms with Gasteiger partial charge in [-0.15, -0.1) is 0 Å². The zero-order valence-corrected chi connectivity index (χ0v) is 13.4. The molecule has 1 aromatic carbocycles. The Labute approximate surface area is 135 Å². The minimum absolute atomic E-state index is 0.308. The van der Waals surface area contributed by atoms with Crippen molar-refractivity contribution in [1.29, 1.82) is 0 Å². The molecule has 0 amide bonds. The Morgan fingerprint density at radius 3 is 2.57 bits per heavy atom. The molecule has 0 spiro atoms. The van der Waals surface area contributed by atoms with Crippen LogP contribution in [0.15, 0.2) is 42.7 Å². The van der Waals surface area contributed by atoms with Crippen LogP contribution in [0.4, 0.5) is 0 Å². The summed E-state index contributed by atoms with van der Waals surface area (Å²) < 4.78 is 15.7. The van der Waals surface area contributed by atoms with Crippen LogP contribution in [-0.2, 0) is 9.53 Å². The maximum atomic E-state index is 12.3. The first-order chi connectivity index (χ1) is 11.2. The molecule has 0 aliphatic rings. The molecule has 0 N–H and O–H groups in total. The molecule has 0 unspecified atom stereocenters. The van der Waals surface area contributed by atoms with Crippen molar-refractivity contribution in [3.05, 3.63) is 53.9 Å². The molecule has 0 aliphatic heterocycles. The lowest BCUT2D eigenvalue weighted by atomic mass is 10.0. The molecule has 0 fully saturated rings. The molecule has 0 saturated heterocycles. The number of carbonyl (C=O) groups is 1. The summed E-state index contributed by atoms with van der Waals surface area (Å²) in [5, 5.41) is 0. The predicted octanol–water partition coefficient (Wildman–Crippen LogP) is 3.20. The van der Waals surface area contributed by atoms with Gasteiger partial charge in [0.1, 0.15) is 0 Å². The number of aromatic nitrogens is 1. The molecular weight excluding hydrogens is 294 g/mol. The topological polar surface area (TPSA) is 57.7 Å². The van der Waals surface area contributed by atoms with E-state index in [0.717, 1.165) is 5.56 Å². The van der Waals surface area contributed by atoms with Crippen molar-refractivity contribution in [3.63, 3.8) is 0 Å². The highest BCUT2D eigenvalue weighted by Crippen LogP contribution is 2.29. The summed E-state index contributed by atoms with van der Waals surface area (Å²) in [7, 11) is 3.14. The minimum Gasteiger partial charge on any atom is -0.493 e. The number of nitrogens with zero attached hydrogens (tertiary/aromatic N) is 1. The third kappa shape index (κ3) is 4.10. The van der Waals surface area contributed by atoms with E-state index >= 15 is 0 Å². The van der Waals surface area contributed by atoms with Crippen LogP contribution in [0.3, 0.4) is 0 Å². The Morgan fingerprint density at radius 2 is 1.96 bits per heavy atom. The van der Waals surface area contributed by atoms with Crippen LogP contribution in [-0.4, -0.2) is 31.8 Å². The van der Waals surface area contributed by atoms with Crippen LogP contribution in [0, 0.1) is 0 Å². The van der Waals surface area contributed by atoms with E-state index in [-0.39, 0.29) is 0 Å². The number of ether oxygens (including phenoxy) is 3. The van der Waals surface area contributed by atoms with Crippen LogP contribution in [0.2, 0.25) is 0 Å². The van der Waals surface area contributed by atoms with E-state index in [9.17, 15) is 4.79 Å². The first kappa shape index (κ1) is 16.5. The van der Waals surface area contributed by atoms with Gasteiger partial charge in [0.25, 0.3) is 0 Å². The zero-order valence-electron chi connectivity index (χ0n) is 13.4. The van der Waals surface area contributed by atoms with Crippen molar-refractivity contribution in [3.8, 4) is 11.5 Å². The van der Waals surface area contributed by atoms with Gasteiger partial charge in [-0.3, -0.25) is 4.98 Å². The molecule has 5 nitrogen and oxygen atoms in total. The monoisotopic (exact) mass is 313 g/mol. The number of esters is 1. The molecule has 0 bridgehead atoms. The molecule has 1 aromatic heterocycles. The van der Waals surface area contributed by atoms with Gasteiger partial charge in [0.05, 0.1) is 26.4 Å². The maximum Gasteiger partial charge on any atom is 0.338 e. The van der Waals surface area contributed by atoms with Crippen LogP contribution < -0.4 is 9.47 Å². The standard InChI is InChI=1S/C18H19NO4/c1-4-23-18(20)15(14-6-5-9-19-12-14)10-13-7-8-16(21-2)17(11-13)22-3/h5-12H,4H2,1-3H3/b15-10-. The van der Waals surface area contributed by atoms with Crippen LogP contribution in [0.25, 0.3) is 11.6 Å². The Kier molecular flexibility index (Phi) is 5.74. The fourth-order valence-electron chi connectivity index (χ4n) is 2.10. The summed E-state index contributed by atoms with van der Waals surface area (Å²) in [5.74, 6) is 0.828. The third-order valence-corrected chi connectivity index (χ3v) is 3.19. The Bertz CT molecular complexity index is 695. The number of methoxy groups -OCH3 is 2. The third-order valence-electron chi connectivity index (χ3n) is 3.19. The summed E-state index contributed by atoms with van der Waals surface area (Å²) in [4.78, 5) is 16.3. The van der Waals surface area contributed by atoms with Gasteiger partial charge in [-0.25, -0.2) is 4.79 Å². The largest absolute Gasteiger partial charge is 0.493 e. The SMILES string of the molecule is CCOC(=O)/C(=C\c1ccc(OC)c(OC)c1)c1cccnc1. The quantitative estimate of drug-likeness (QED) is 0.605. The van der Waals surface area contributed by atoms with Gasteiger partial charge in [0.2, 0.25) is 0 Å². The highest BCUT2D eigenvalue weighted by Gasteiger charge is 2.14. The number of rotatable bonds is 6. The normalized spacial score (nSPS) is 11.0. The number of hydrogen-bond donors (Lipinski definition) is 0. The van der Waals surface area contributed by atoms with E-state index in [4.69, 9.17) is 14.2 Å². The zero-order chi connectivity index (χ0) is 16.7. The van der Waals surface area contributed by atoms with Gasteiger partial charge < -0.3 is 14.2 Å². The minimum atomic E-state index is -0.393. The van der Waals surface area contributed by atoms with Gasteiger partial charge in [-0.05, 0) is 36.8 Å². The van der Waals surface area contributed by atoms with Crippen molar-refractivity contribution >= 4 is 17.6 Å². The fourth-order valence-corrected chi connectivity index (χ4v) is 2.10. The second-order valence-corrected chi connectivity index (χ2v) is 4.63. The molecular formula is C18H19NO4. The second-order valence-electron chi connectivity index (χ2n) is 4.63. The van der Waals surface area contributed by atoms with E-state index < -0.39 is 5.97 Å². The smallest absolute Gasteiger partial charge is 0.338 e. The second kappa shape index (κ2) is 7.98. The number of pyridine rings is 1. The average molecular weight is 313 g/mol. The highest BCUT2D eigenvalue weighted by atomic mass is 16.5. The lowest BCUT2D eigenvalue weighted by molar-refractivity contribution is -0.136. The molecule has 5 heteroatoms. The van der Waals surface area contributed by atoms with E-state index in [1.807, 2.05) is 12.1 Å². The number of hydrogen-bond acceptors (Lipinski definition) is 5. The average Bonchev–Trinajstić information content (AvgIpc) is 2.60. The van der Waals surface area contributed by atoms with E-state index in [0.29, 0.717) is 29.2 Å². The van der Waals surface area contributed by atoms with E-state index in [2.05, 4.69) is 4.98 Å². The predicted molar refractivity (Wildman–Crippen MR) is 88.3 cm³/mol. The lowest BCUT2D eigenvalue weighted by Gasteiger charge is -2.10. The summed E-state index contributed by atoms with van der Waals surface area (Å²) >= 11 is 0. The molecule has 0 radical (unpaired) electrons. The van der Waals surface area contributed by atoms with Crippen LogP contribution >= 0.6 is 0 Å². The maximum absolute atomic E-state index is 12.3. The van der Waals surface area contributed by atoms with Crippen molar-refractivity contribution in [2.45, 2.75) is 6.92 Å². The molecule has 120 valence electrons. The van der Waals surface area contributed by atoms with Crippen molar-refractivity contribution in [1.82, 2.24) is 4.98 Å². The number of benzene rings is 1. The van der Waals surface area contributed by atoms with Crippen molar-refractivity contribution in [2.75, 3.05) is 20.8 Å². The molecule has 2 rings (SSSR count). The molecule has 0 saturated carbocycles. The number of carbonyl (C=O) groups excluding carboxylic acids is 1. The van der Waals surface area contributed by atoms with Gasteiger partial charge in [-0.2, -0.15) is 0 Å². The fraction of sp³-hybridized carbons (Fsp3) is 0.222. The summed E-state index contributed by atoms with van der Waals surface area (Å²) in [6.07, 6.45) is 5.03. The molecule has 0 aliphatic carbocycles. The molecule has 23 heavy (non-hydrogen) atoms. The van der Waals surface area contributed by atoms with Crippen LogP contribution in [0.5, 0.6) is 11.5 Å². The molecule has 0 atom stereocenters. The van der Waals surface area contributed by atoms with Crippen molar-refractivity contribution < 1.29 is 19.0 Å². The summed E-state index contributed by atoms with van der Waals surface area (Å²) in [5.41, 5.74) is 1.93. The lowest BCUT2D eigenvalue weighted by Crippen LogP contribution is -2.07. The Hall–Kier alpha value is -2.82. The first-order valence-electron chi connectivity index (χ1n) is 7.20. The van der Waals surface area contributed by atoms with Gasteiger partial charge >= 0.3 is 5.97 Å². The van der Waals surface area contributed by atoms with E-state index in [1.54, 1.807) is 57.8 Å². The summed E-state index contributed by atoms with van der Waals surface area (Å²) in [6, 6.07) is 9.02. The van der Waals surface area contributed by atoms with Crippen molar-refractivity contribution in [2.24, 2.45) is 0 Å².